The molecular formula is C17H27N5O4S. The number of benzene rings is 1. The smallest absolute Gasteiger partial charge is 0.307 e. The van der Waals surface area contributed by atoms with Gasteiger partial charge in [-0.3, -0.25) is 15.0 Å². The maximum Gasteiger partial charge on any atom is 0.325 e. The van der Waals surface area contributed by atoms with Crippen molar-refractivity contribution in [1.29, 1.82) is 0 Å². The Labute approximate surface area is 159 Å². The largest absolute Gasteiger partial charge is 0.325 e. The fourth-order valence-electron chi connectivity index (χ4n) is 3.10. The lowest BCUT2D eigenvalue weighted by molar-refractivity contribution is -0.121. The molecule has 0 bridgehead atoms. The molecule has 1 aliphatic heterocycles. The minimum absolute atomic E-state index is 0.0755. The van der Waals surface area contributed by atoms with E-state index in [-0.39, 0.29) is 19.0 Å². The van der Waals surface area contributed by atoms with Gasteiger partial charge in [-0.15, -0.1) is 0 Å². The Morgan fingerprint density at radius 2 is 2.04 bits per heavy atom. The molecule has 1 aromatic carbocycles. The average Bonchev–Trinajstić information content (AvgIpc) is 2.57. The molecule has 1 aliphatic rings. The summed E-state index contributed by atoms with van der Waals surface area (Å²) in [5, 5.41) is 9.96. The second-order valence-electron chi connectivity index (χ2n) is 6.89. The van der Waals surface area contributed by atoms with E-state index >= 15 is 0 Å². The van der Waals surface area contributed by atoms with Gasteiger partial charge >= 0.3 is 6.03 Å². The van der Waals surface area contributed by atoms with Gasteiger partial charge in [0.2, 0.25) is 5.91 Å². The highest BCUT2D eigenvalue weighted by Crippen LogP contribution is 2.18. The Bertz CT molecular complexity index is 797. The summed E-state index contributed by atoms with van der Waals surface area (Å²) in [6.07, 6.45) is 1.70. The normalized spacial score (nSPS) is 18.1. The zero-order valence-corrected chi connectivity index (χ0v) is 16.4. The summed E-state index contributed by atoms with van der Waals surface area (Å²) in [6.45, 7) is 5.44. The van der Waals surface area contributed by atoms with Crippen LogP contribution in [0, 0.1) is 19.8 Å². The van der Waals surface area contributed by atoms with E-state index in [0.29, 0.717) is 12.2 Å². The van der Waals surface area contributed by atoms with Crippen LogP contribution < -0.4 is 20.5 Å². The molecule has 1 heterocycles. The van der Waals surface area contributed by atoms with Crippen LogP contribution in [0.15, 0.2) is 18.2 Å². The highest BCUT2D eigenvalue weighted by molar-refractivity contribution is 7.87. The second-order valence-corrected chi connectivity index (χ2v) is 8.27. The van der Waals surface area contributed by atoms with Gasteiger partial charge in [-0.25, -0.2) is 14.7 Å². The number of piperidine rings is 1. The fourth-order valence-corrected chi connectivity index (χ4v) is 3.57. The van der Waals surface area contributed by atoms with Crippen LogP contribution in [0.5, 0.6) is 0 Å². The number of hydrogen-bond acceptors (Lipinski definition) is 5. The van der Waals surface area contributed by atoms with E-state index in [1.807, 2.05) is 30.9 Å². The van der Waals surface area contributed by atoms with Crippen molar-refractivity contribution < 1.29 is 18.0 Å². The summed E-state index contributed by atoms with van der Waals surface area (Å²) in [5.41, 5.74) is 2.65. The van der Waals surface area contributed by atoms with Gasteiger partial charge in [0.1, 0.15) is 0 Å². The van der Waals surface area contributed by atoms with Crippen molar-refractivity contribution in [2.24, 2.45) is 11.1 Å². The third kappa shape index (κ3) is 7.25. The Morgan fingerprint density at radius 3 is 2.74 bits per heavy atom. The van der Waals surface area contributed by atoms with Crippen LogP contribution in [0.1, 0.15) is 24.0 Å². The molecule has 0 unspecified atom stereocenters. The number of urea groups is 1. The number of anilines is 1. The van der Waals surface area contributed by atoms with E-state index in [1.54, 1.807) is 6.07 Å². The molecule has 0 spiro atoms. The molecule has 1 atom stereocenters. The van der Waals surface area contributed by atoms with Crippen molar-refractivity contribution in [2.75, 3.05) is 31.5 Å². The van der Waals surface area contributed by atoms with Gasteiger partial charge < -0.3 is 5.32 Å². The number of likely N-dealkylation sites (tertiary alicyclic amines) is 1. The lowest BCUT2D eigenvalue weighted by Gasteiger charge is -2.32. The van der Waals surface area contributed by atoms with Crippen LogP contribution >= 0.6 is 0 Å². The number of imide groups is 1. The first-order valence-corrected chi connectivity index (χ1v) is 10.4. The first-order valence-electron chi connectivity index (χ1n) is 8.81. The number of carbonyl (C=O) groups is 2. The Hall–Kier alpha value is -2.01. The first-order chi connectivity index (χ1) is 12.6. The maximum atomic E-state index is 12.1. The van der Waals surface area contributed by atoms with E-state index < -0.39 is 22.1 Å². The Balaban J connectivity index is 1.80. The Kier molecular flexibility index (Phi) is 7.31. The predicted octanol–water partition coefficient (Wildman–Crippen LogP) is 0.457. The van der Waals surface area contributed by atoms with E-state index in [1.165, 1.54) is 0 Å². The lowest BCUT2D eigenvalue weighted by Crippen LogP contribution is -2.47. The molecule has 0 saturated carbocycles. The van der Waals surface area contributed by atoms with Crippen molar-refractivity contribution in [1.82, 2.24) is 14.9 Å². The molecular weight excluding hydrogens is 370 g/mol. The average molecular weight is 398 g/mol. The topological polar surface area (TPSA) is 134 Å². The molecule has 0 radical (unpaired) electrons. The summed E-state index contributed by atoms with van der Waals surface area (Å²) in [4.78, 5) is 26.1. The monoisotopic (exact) mass is 397 g/mol. The minimum Gasteiger partial charge on any atom is -0.307 e. The number of rotatable bonds is 6. The van der Waals surface area contributed by atoms with Gasteiger partial charge in [0, 0.05) is 18.8 Å². The molecule has 5 N–H and O–H groups in total. The van der Waals surface area contributed by atoms with Crippen molar-refractivity contribution in [3.8, 4) is 0 Å². The summed E-state index contributed by atoms with van der Waals surface area (Å²) in [7, 11) is -3.72. The van der Waals surface area contributed by atoms with E-state index in [9.17, 15) is 18.0 Å². The highest BCUT2D eigenvalue weighted by Gasteiger charge is 2.23. The van der Waals surface area contributed by atoms with Crippen LogP contribution in [0.2, 0.25) is 0 Å². The fraction of sp³-hybridized carbons (Fsp3) is 0.529. The molecule has 27 heavy (non-hydrogen) atoms. The molecule has 1 saturated heterocycles. The third-order valence-electron chi connectivity index (χ3n) is 4.65. The van der Waals surface area contributed by atoms with Crippen molar-refractivity contribution in [3.63, 3.8) is 0 Å². The highest BCUT2D eigenvalue weighted by atomic mass is 32.2. The van der Waals surface area contributed by atoms with E-state index in [0.717, 1.165) is 30.5 Å². The zero-order valence-electron chi connectivity index (χ0n) is 15.6. The number of nitrogens with one attached hydrogen (secondary N) is 3. The molecule has 1 aromatic rings. The van der Waals surface area contributed by atoms with Crippen molar-refractivity contribution in [2.45, 2.75) is 26.7 Å². The van der Waals surface area contributed by atoms with Crippen molar-refractivity contribution in [3.05, 3.63) is 29.3 Å². The zero-order chi connectivity index (χ0) is 20.0. The minimum atomic E-state index is -3.72. The van der Waals surface area contributed by atoms with Gasteiger partial charge in [0.05, 0.1) is 6.54 Å². The number of carbonyl (C=O) groups excluding carboxylic acids is 2. The number of hydrogen-bond donors (Lipinski definition) is 4. The SMILES string of the molecule is Cc1cccc(NC(=O)NC(=O)CN2CCC[C@H](CNS(N)(=O)=O)C2)c1C. The van der Waals surface area contributed by atoms with Gasteiger partial charge in [0.25, 0.3) is 10.2 Å². The molecule has 150 valence electrons. The van der Waals surface area contributed by atoms with E-state index in [2.05, 4.69) is 15.4 Å². The van der Waals surface area contributed by atoms with Crippen LogP contribution in [0.3, 0.4) is 0 Å². The van der Waals surface area contributed by atoms with E-state index in [4.69, 9.17) is 5.14 Å². The standard InChI is InChI=1S/C17H27N5O4S/c1-12-5-3-7-15(13(12)2)20-17(24)21-16(23)11-22-8-4-6-14(10-22)9-19-27(18,25)26/h3,5,7,14,19H,4,6,8-11H2,1-2H3,(H2,18,25,26)(H2,20,21,23,24)/t14-/m1/s1. The van der Waals surface area contributed by atoms with Gasteiger partial charge in [-0.1, -0.05) is 12.1 Å². The molecule has 0 aliphatic carbocycles. The third-order valence-corrected chi connectivity index (χ3v) is 5.22. The molecule has 0 aromatic heterocycles. The van der Waals surface area contributed by atoms with Gasteiger partial charge in [-0.2, -0.15) is 8.42 Å². The molecule has 2 rings (SSSR count). The molecule has 10 heteroatoms. The number of aryl methyl sites for hydroxylation is 1. The first kappa shape index (κ1) is 21.3. The second kappa shape index (κ2) is 9.27. The van der Waals surface area contributed by atoms with Gasteiger partial charge in [0.15, 0.2) is 0 Å². The Morgan fingerprint density at radius 1 is 1.30 bits per heavy atom. The predicted molar refractivity (Wildman–Crippen MR) is 103 cm³/mol. The number of nitrogens with zero attached hydrogens (tertiary/aromatic N) is 1. The van der Waals surface area contributed by atoms with Gasteiger partial charge in [-0.05, 0) is 56.3 Å². The van der Waals surface area contributed by atoms with Crippen LogP contribution in [0.4, 0.5) is 10.5 Å². The number of amides is 3. The quantitative estimate of drug-likeness (QED) is 0.553. The van der Waals surface area contributed by atoms with Crippen LogP contribution in [-0.2, 0) is 15.0 Å². The van der Waals surface area contributed by atoms with Crippen LogP contribution in [-0.4, -0.2) is 51.4 Å². The molecule has 9 nitrogen and oxygen atoms in total. The summed E-state index contributed by atoms with van der Waals surface area (Å²) in [5.74, 6) is -0.327. The number of nitrogens with two attached hydrogens (primary N) is 1. The molecule has 1 fully saturated rings. The molecule has 3 amide bonds. The van der Waals surface area contributed by atoms with Crippen LogP contribution in [0.25, 0.3) is 0 Å². The van der Waals surface area contributed by atoms with Crippen molar-refractivity contribution >= 4 is 27.8 Å². The summed E-state index contributed by atoms with van der Waals surface area (Å²) >= 11 is 0. The lowest BCUT2D eigenvalue weighted by atomic mass is 9.98. The maximum absolute atomic E-state index is 12.1. The summed E-state index contributed by atoms with van der Waals surface area (Å²) in [6, 6.07) is 4.99. The summed E-state index contributed by atoms with van der Waals surface area (Å²) < 4.78 is 24.3.